The molecule has 0 aromatic carbocycles. The average Bonchev–Trinajstić information content (AvgIpc) is 2.88. The molecule has 1 unspecified atom stereocenters. The Balaban J connectivity index is 1.99. The zero-order chi connectivity index (χ0) is 17.0. The van der Waals surface area contributed by atoms with Crippen LogP contribution in [0.5, 0.6) is 0 Å². The fraction of sp³-hybridized carbons (Fsp3) is 0.889. The monoisotopic (exact) mass is 324 g/mol. The molecule has 0 bridgehead atoms. The maximum Gasteiger partial charge on any atom is 0.245 e. The highest BCUT2D eigenvalue weighted by atomic mass is 16.3. The number of rotatable bonds is 4. The fourth-order valence-corrected chi connectivity index (χ4v) is 3.94. The van der Waals surface area contributed by atoms with E-state index in [9.17, 15) is 14.7 Å². The molecule has 5 heteroatoms. The number of likely N-dealkylation sites (N-methyl/N-ethyl adjacent to an activating group) is 1. The molecule has 5 nitrogen and oxygen atoms in total. The third kappa shape index (κ3) is 4.46. The van der Waals surface area contributed by atoms with Gasteiger partial charge in [-0.25, -0.2) is 0 Å². The van der Waals surface area contributed by atoms with Gasteiger partial charge < -0.3 is 14.9 Å². The molecule has 1 heterocycles. The fourth-order valence-electron chi connectivity index (χ4n) is 3.94. The number of carbonyl (C=O) groups excluding carboxylic acids is 2. The van der Waals surface area contributed by atoms with Crippen molar-refractivity contribution in [2.75, 3.05) is 20.1 Å². The van der Waals surface area contributed by atoms with Crippen molar-refractivity contribution in [2.45, 2.75) is 76.9 Å². The van der Waals surface area contributed by atoms with Crippen LogP contribution in [0.4, 0.5) is 0 Å². The first-order valence-electron chi connectivity index (χ1n) is 9.12. The molecular formula is C18H32N2O3. The largest absolute Gasteiger partial charge is 0.388 e. The minimum Gasteiger partial charge on any atom is -0.388 e. The maximum absolute atomic E-state index is 12.8. The molecule has 1 aliphatic heterocycles. The summed E-state index contributed by atoms with van der Waals surface area (Å²) in [5, 5.41) is 10.8. The van der Waals surface area contributed by atoms with Gasteiger partial charge in [-0.1, -0.05) is 39.5 Å². The molecule has 2 fully saturated rings. The Morgan fingerprint density at radius 3 is 2.35 bits per heavy atom. The van der Waals surface area contributed by atoms with Gasteiger partial charge in [-0.2, -0.15) is 0 Å². The summed E-state index contributed by atoms with van der Waals surface area (Å²) in [6, 6.07) is -0.343. The van der Waals surface area contributed by atoms with Crippen LogP contribution in [0.3, 0.4) is 0 Å². The van der Waals surface area contributed by atoms with Crippen molar-refractivity contribution in [2.24, 2.45) is 5.92 Å². The molecule has 1 aliphatic carbocycles. The molecule has 1 saturated carbocycles. The van der Waals surface area contributed by atoms with Crippen LogP contribution < -0.4 is 0 Å². The van der Waals surface area contributed by atoms with E-state index < -0.39 is 5.60 Å². The van der Waals surface area contributed by atoms with Gasteiger partial charge in [-0.15, -0.1) is 0 Å². The molecule has 0 radical (unpaired) electrons. The second kappa shape index (κ2) is 7.65. The lowest BCUT2D eigenvalue weighted by molar-refractivity contribution is -0.146. The van der Waals surface area contributed by atoms with Gasteiger partial charge in [-0.3, -0.25) is 9.59 Å². The van der Waals surface area contributed by atoms with E-state index in [1.165, 1.54) is 12.8 Å². The summed E-state index contributed by atoms with van der Waals surface area (Å²) in [7, 11) is 1.77. The van der Waals surface area contributed by atoms with Crippen LogP contribution >= 0.6 is 0 Å². The Morgan fingerprint density at radius 1 is 1.17 bits per heavy atom. The first-order valence-corrected chi connectivity index (χ1v) is 9.12. The molecule has 0 aromatic heterocycles. The van der Waals surface area contributed by atoms with Crippen LogP contribution in [0.2, 0.25) is 0 Å². The predicted molar refractivity (Wildman–Crippen MR) is 89.9 cm³/mol. The summed E-state index contributed by atoms with van der Waals surface area (Å²) in [6.45, 7) is 4.80. The molecule has 2 aliphatic rings. The highest BCUT2D eigenvalue weighted by molar-refractivity contribution is 5.88. The second-order valence-corrected chi connectivity index (χ2v) is 7.68. The number of hydrogen-bond acceptors (Lipinski definition) is 3. The van der Waals surface area contributed by atoms with E-state index in [0.29, 0.717) is 13.1 Å². The van der Waals surface area contributed by atoms with E-state index in [0.717, 1.165) is 38.5 Å². The summed E-state index contributed by atoms with van der Waals surface area (Å²) in [5.41, 5.74) is -0.758. The Hall–Kier alpha value is -1.10. The lowest BCUT2D eigenvalue weighted by Crippen LogP contribution is -2.51. The third-order valence-electron chi connectivity index (χ3n) is 5.26. The Bertz CT molecular complexity index is 428. The van der Waals surface area contributed by atoms with E-state index in [2.05, 4.69) is 0 Å². The van der Waals surface area contributed by atoms with Gasteiger partial charge in [0.2, 0.25) is 11.8 Å². The standard InChI is InChI=1S/C18H32N2O3/c1-14(2)16(21)20-12-8-9-15(20)17(22)19(3)13-18(23)10-6-4-5-7-11-18/h14-15,23H,4-13H2,1-3H3. The third-order valence-corrected chi connectivity index (χ3v) is 5.26. The number of nitrogens with zero attached hydrogens (tertiary/aromatic N) is 2. The molecule has 1 atom stereocenters. The van der Waals surface area contributed by atoms with Gasteiger partial charge in [0.05, 0.1) is 5.60 Å². The molecule has 132 valence electrons. The lowest BCUT2D eigenvalue weighted by atomic mass is 9.93. The molecule has 23 heavy (non-hydrogen) atoms. The van der Waals surface area contributed by atoms with E-state index in [4.69, 9.17) is 0 Å². The summed E-state index contributed by atoms with van der Waals surface area (Å²) >= 11 is 0. The molecule has 0 aromatic rings. The molecule has 2 amide bonds. The van der Waals surface area contributed by atoms with Crippen molar-refractivity contribution < 1.29 is 14.7 Å². The zero-order valence-electron chi connectivity index (χ0n) is 14.9. The zero-order valence-corrected chi connectivity index (χ0v) is 14.9. The predicted octanol–water partition coefficient (Wildman–Crippen LogP) is 2.18. The van der Waals surface area contributed by atoms with Crippen LogP contribution in [0.25, 0.3) is 0 Å². The number of hydrogen-bond donors (Lipinski definition) is 1. The summed E-state index contributed by atoms with van der Waals surface area (Å²) in [6.07, 6.45) is 7.54. The summed E-state index contributed by atoms with van der Waals surface area (Å²) in [4.78, 5) is 28.5. The smallest absolute Gasteiger partial charge is 0.245 e. The second-order valence-electron chi connectivity index (χ2n) is 7.68. The van der Waals surface area contributed by atoms with E-state index in [1.54, 1.807) is 16.8 Å². The highest BCUT2D eigenvalue weighted by Gasteiger charge is 2.38. The highest BCUT2D eigenvalue weighted by Crippen LogP contribution is 2.28. The van der Waals surface area contributed by atoms with Crippen LogP contribution in [0, 0.1) is 5.92 Å². The van der Waals surface area contributed by atoms with Crippen molar-refractivity contribution in [1.82, 2.24) is 9.80 Å². The van der Waals surface area contributed by atoms with Crippen molar-refractivity contribution in [3.8, 4) is 0 Å². The van der Waals surface area contributed by atoms with Gasteiger partial charge in [0.15, 0.2) is 0 Å². The van der Waals surface area contributed by atoms with Gasteiger partial charge in [0.25, 0.3) is 0 Å². The Morgan fingerprint density at radius 2 is 1.78 bits per heavy atom. The van der Waals surface area contributed by atoms with E-state index in [-0.39, 0.29) is 23.8 Å². The molecule has 0 spiro atoms. The SMILES string of the molecule is CC(C)C(=O)N1CCCC1C(=O)N(C)CC1(O)CCCCCC1. The lowest BCUT2D eigenvalue weighted by Gasteiger charge is -2.34. The van der Waals surface area contributed by atoms with Crippen molar-refractivity contribution in [3.63, 3.8) is 0 Å². The number of amides is 2. The maximum atomic E-state index is 12.8. The van der Waals surface area contributed by atoms with Crippen molar-refractivity contribution >= 4 is 11.8 Å². The molecule has 1 N–H and O–H groups in total. The van der Waals surface area contributed by atoms with Crippen LogP contribution in [0.15, 0.2) is 0 Å². The minimum atomic E-state index is -0.758. The van der Waals surface area contributed by atoms with Gasteiger partial charge in [0, 0.05) is 26.1 Å². The number of carbonyl (C=O) groups is 2. The van der Waals surface area contributed by atoms with Gasteiger partial charge in [0.1, 0.15) is 6.04 Å². The first kappa shape index (κ1) is 18.2. The van der Waals surface area contributed by atoms with Crippen molar-refractivity contribution in [1.29, 1.82) is 0 Å². The van der Waals surface area contributed by atoms with E-state index >= 15 is 0 Å². The number of aliphatic hydroxyl groups is 1. The summed E-state index contributed by atoms with van der Waals surface area (Å²) < 4.78 is 0. The van der Waals surface area contributed by atoms with Crippen molar-refractivity contribution in [3.05, 3.63) is 0 Å². The molecule has 1 saturated heterocycles. The Kier molecular flexibility index (Phi) is 6.06. The topological polar surface area (TPSA) is 60.9 Å². The van der Waals surface area contributed by atoms with Gasteiger partial charge in [-0.05, 0) is 25.7 Å². The minimum absolute atomic E-state index is 0.0193. The normalized spacial score (nSPS) is 24.6. The first-order chi connectivity index (χ1) is 10.8. The van der Waals surface area contributed by atoms with E-state index in [1.807, 2.05) is 13.8 Å². The summed E-state index contributed by atoms with van der Waals surface area (Å²) in [5.74, 6) is -0.0450. The average molecular weight is 324 g/mol. The van der Waals surface area contributed by atoms with Crippen LogP contribution in [0.1, 0.15) is 65.2 Å². The molecular weight excluding hydrogens is 292 g/mol. The molecule has 2 rings (SSSR count). The number of likely N-dealkylation sites (tertiary alicyclic amines) is 1. The Labute approximate surface area is 140 Å². The quantitative estimate of drug-likeness (QED) is 0.806. The van der Waals surface area contributed by atoms with Crippen LogP contribution in [-0.2, 0) is 9.59 Å². The van der Waals surface area contributed by atoms with Crippen LogP contribution in [-0.4, -0.2) is 58.5 Å². The van der Waals surface area contributed by atoms with Gasteiger partial charge >= 0.3 is 0 Å².